The number of aromatic amines is 1. The van der Waals surface area contributed by atoms with E-state index in [0.29, 0.717) is 0 Å². The molecule has 0 atom stereocenters. The summed E-state index contributed by atoms with van der Waals surface area (Å²) in [6.45, 7) is 6.32. The molecule has 0 spiro atoms. The number of rotatable bonds is 2. The van der Waals surface area contributed by atoms with E-state index in [1.54, 1.807) is 18.4 Å². The lowest BCUT2D eigenvalue weighted by molar-refractivity contribution is 0.0844. The first-order valence-electron chi connectivity index (χ1n) is 6.99. The van der Waals surface area contributed by atoms with Crippen LogP contribution in [0.2, 0.25) is 0 Å². The molecule has 2 aromatic rings. The predicted octanol–water partition coefficient (Wildman–Crippen LogP) is 4.89. The maximum atomic E-state index is 6.08. The molecule has 0 fully saturated rings. The van der Waals surface area contributed by atoms with Crippen LogP contribution in [0.15, 0.2) is 12.1 Å². The molecule has 5 heteroatoms. The van der Waals surface area contributed by atoms with Gasteiger partial charge in [-0.05, 0) is 57.5 Å². The first-order chi connectivity index (χ1) is 9.89. The Morgan fingerprint density at radius 3 is 2.76 bits per heavy atom. The highest BCUT2D eigenvalue weighted by Crippen LogP contribution is 2.42. The number of thiazole rings is 1. The van der Waals surface area contributed by atoms with Crippen LogP contribution in [0.4, 0.5) is 0 Å². The van der Waals surface area contributed by atoms with Crippen LogP contribution in [-0.2, 0) is 6.42 Å². The number of methoxy groups -OCH3 is 1. The van der Waals surface area contributed by atoms with E-state index in [-0.39, 0.29) is 5.60 Å². The summed E-state index contributed by atoms with van der Waals surface area (Å²) in [5.41, 5.74) is 3.23. The summed E-state index contributed by atoms with van der Waals surface area (Å²) in [7, 11) is 1.69. The second kappa shape index (κ2) is 5.14. The van der Waals surface area contributed by atoms with Gasteiger partial charge in [0.15, 0.2) is 3.95 Å². The van der Waals surface area contributed by atoms with Gasteiger partial charge >= 0.3 is 0 Å². The number of hydrogen-bond acceptors (Lipinski definition) is 4. The first-order valence-corrected chi connectivity index (χ1v) is 8.22. The van der Waals surface area contributed by atoms with Crippen molar-refractivity contribution in [3.8, 4) is 22.8 Å². The van der Waals surface area contributed by atoms with E-state index in [1.165, 1.54) is 10.4 Å². The van der Waals surface area contributed by atoms with Crippen molar-refractivity contribution in [3.05, 3.63) is 26.5 Å². The molecule has 0 amide bonds. The van der Waals surface area contributed by atoms with Gasteiger partial charge in [0.1, 0.15) is 17.1 Å². The van der Waals surface area contributed by atoms with Crippen molar-refractivity contribution >= 4 is 23.6 Å². The van der Waals surface area contributed by atoms with E-state index in [9.17, 15) is 0 Å². The Morgan fingerprint density at radius 1 is 1.38 bits per heavy atom. The van der Waals surface area contributed by atoms with Crippen molar-refractivity contribution in [1.82, 2.24) is 4.98 Å². The van der Waals surface area contributed by atoms with Crippen molar-refractivity contribution in [2.24, 2.45) is 0 Å². The molecular formula is C16H19NO2S2. The SMILES string of the molecule is COc1cc2c(cc1-c1[nH]c(=S)sc1C)CCC(C)(C)O2. The number of benzene rings is 1. The maximum Gasteiger partial charge on any atom is 0.159 e. The fourth-order valence-corrected chi connectivity index (χ4v) is 3.88. The Morgan fingerprint density at radius 2 is 2.14 bits per heavy atom. The molecule has 0 unspecified atom stereocenters. The number of hydrogen-bond donors (Lipinski definition) is 1. The van der Waals surface area contributed by atoms with Gasteiger partial charge in [-0.2, -0.15) is 0 Å². The van der Waals surface area contributed by atoms with Crippen LogP contribution in [0.1, 0.15) is 30.7 Å². The summed E-state index contributed by atoms with van der Waals surface area (Å²) < 4.78 is 12.4. The van der Waals surface area contributed by atoms with E-state index in [2.05, 4.69) is 31.8 Å². The zero-order chi connectivity index (χ0) is 15.2. The van der Waals surface area contributed by atoms with E-state index < -0.39 is 0 Å². The Labute approximate surface area is 133 Å². The van der Waals surface area contributed by atoms with Crippen molar-refractivity contribution in [2.75, 3.05) is 7.11 Å². The summed E-state index contributed by atoms with van der Waals surface area (Å²) in [4.78, 5) is 4.45. The van der Waals surface area contributed by atoms with Crippen LogP contribution in [0, 0.1) is 10.9 Å². The van der Waals surface area contributed by atoms with Crippen molar-refractivity contribution in [1.29, 1.82) is 0 Å². The summed E-state index contributed by atoms with van der Waals surface area (Å²) in [5, 5.41) is 0. The van der Waals surface area contributed by atoms with E-state index in [0.717, 1.165) is 39.6 Å². The Kier molecular flexibility index (Phi) is 3.58. The monoisotopic (exact) mass is 321 g/mol. The minimum atomic E-state index is -0.113. The summed E-state index contributed by atoms with van der Waals surface area (Å²) in [6, 6.07) is 4.17. The molecule has 112 valence electrons. The number of aromatic nitrogens is 1. The first kappa shape index (κ1) is 14.6. The molecule has 3 rings (SSSR count). The molecule has 0 saturated heterocycles. The standard InChI is InChI=1S/C16H19NO2S2/c1-9-14(17-15(20)21-9)11-7-10-5-6-16(2,3)19-12(10)8-13(11)18-4/h7-8H,5-6H2,1-4H3,(H,17,20). The largest absolute Gasteiger partial charge is 0.496 e. The molecule has 0 saturated carbocycles. The second-order valence-electron chi connectivity index (χ2n) is 5.97. The van der Waals surface area contributed by atoms with Gasteiger partial charge in [0, 0.05) is 16.5 Å². The molecule has 1 aromatic carbocycles. The summed E-state index contributed by atoms with van der Waals surface area (Å²) in [6.07, 6.45) is 2.04. The predicted molar refractivity (Wildman–Crippen MR) is 89.3 cm³/mol. The molecule has 2 heterocycles. The average Bonchev–Trinajstić information content (AvgIpc) is 2.75. The Hall–Kier alpha value is -1.33. The Bertz CT molecular complexity index is 743. The number of ether oxygens (including phenoxy) is 2. The van der Waals surface area contributed by atoms with Crippen LogP contribution in [0.5, 0.6) is 11.5 Å². The van der Waals surface area contributed by atoms with Gasteiger partial charge in [0.25, 0.3) is 0 Å². The summed E-state index contributed by atoms with van der Waals surface area (Å²) >= 11 is 6.84. The quantitative estimate of drug-likeness (QED) is 0.799. The zero-order valence-electron chi connectivity index (χ0n) is 12.7. The number of fused-ring (bicyclic) bond motifs is 1. The van der Waals surface area contributed by atoms with Gasteiger partial charge in [0.2, 0.25) is 0 Å². The highest BCUT2D eigenvalue weighted by molar-refractivity contribution is 7.73. The van der Waals surface area contributed by atoms with Gasteiger partial charge in [-0.3, -0.25) is 0 Å². The van der Waals surface area contributed by atoms with Crippen molar-refractivity contribution in [2.45, 2.75) is 39.2 Å². The number of nitrogens with one attached hydrogen (secondary N) is 1. The average molecular weight is 321 g/mol. The number of H-pyrrole nitrogens is 1. The van der Waals surface area contributed by atoms with E-state index in [1.807, 2.05) is 6.07 Å². The second-order valence-corrected chi connectivity index (χ2v) is 7.86. The molecular weight excluding hydrogens is 302 g/mol. The molecule has 0 bridgehead atoms. The van der Waals surface area contributed by atoms with Crippen molar-refractivity contribution in [3.63, 3.8) is 0 Å². The molecule has 0 radical (unpaired) electrons. The van der Waals surface area contributed by atoms with E-state index in [4.69, 9.17) is 21.7 Å². The van der Waals surface area contributed by atoms with Crippen LogP contribution in [0.25, 0.3) is 11.3 Å². The third kappa shape index (κ3) is 2.72. The molecule has 1 aromatic heterocycles. The molecule has 1 aliphatic heterocycles. The molecule has 21 heavy (non-hydrogen) atoms. The van der Waals surface area contributed by atoms with Crippen molar-refractivity contribution < 1.29 is 9.47 Å². The lowest BCUT2D eigenvalue weighted by Gasteiger charge is -2.33. The lowest BCUT2D eigenvalue weighted by atomic mass is 9.92. The minimum absolute atomic E-state index is 0.113. The highest BCUT2D eigenvalue weighted by Gasteiger charge is 2.28. The third-order valence-corrected chi connectivity index (χ3v) is 5.01. The van der Waals surface area contributed by atoms with Crippen LogP contribution < -0.4 is 9.47 Å². The summed E-state index contributed by atoms with van der Waals surface area (Å²) in [5.74, 6) is 1.75. The molecule has 1 aliphatic rings. The maximum absolute atomic E-state index is 6.08. The van der Waals surface area contributed by atoms with Gasteiger partial charge in [-0.1, -0.05) is 0 Å². The molecule has 1 N–H and O–H groups in total. The Balaban J connectivity index is 2.15. The number of aryl methyl sites for hydroxylation is 2. The van der Waals surface area contributed by atoms with Gasteiger partial charge in [-0.15, -0.1) is 11.3 Å². The minimum Gasteiger partial charge on any atom is -0.496 e. The van der Waals surface area contributed by atoms with Gasteiger partial charge < -0.3 is 14.5 Å². The third-order valence-electron chi connectivity index (χ3n) is 3.86. The lowest BCUT2D eigenvalue weighted by Crippen LogP contribution is -2.32. The molecule has 3 nitrogen and oxygen atoms in total. The van der Waals surface area contributed by atoms with Crippen LogP contribution in [0.3, 0.4) is 0 Å². The van der Waals surface area contributed by atoms with Crippen LogP contribution in [-0.4, -0.2) is 17.7 Å². The van der Waals surface area contributed by atoms with Gasteiger partial charge in [-0.25, -0.2) is 0 Å². The smallest absolute Gasteiger partial charge is 0.159 e. The fourth-order valence-electron chi connectivity index (χ4n) is 2.71. The normalized spacial score (nSPS) is 16.2. The molecule has 0 aliphatic carbocycles. The van der Waals surface area contributed by atoms with E-state index >= 15 is 0 Å². The highest BCUT2D eigenvalue weighted by atomic mass is 32.1. The zero-order valence-corrected chi connectivity index (χ0v) is 14.3. The topological polar surface area (TPSA) is 34.2 Å². The van der Waals surface area contributed by atoms with Gasteiger partial charge in [0.05, 0.1) is 12.8 Å². The van der Waals surface area contributed by atoms with Crippen LogP contribution >= 0.6 is 23.6 Å². The fraction of sp³-hybridized carbons (Fsp3) is 0.438.